The Hall–Kier alpha value is -0.580. The molecule has 0 saturated heterocycles. The third-order valence-corrected chi connectivity index (χ3v) is 2.78. The summed E-state index contributed by atoms with van der Waals surface area (Å²) in [6.45, 7) is 0.532. The van der Waals surface area contributed by atoms with Crippen molar-refractivity contribution in [3.63, 3.8) is 0 Å². The van der Waals surface area contributed by atoms with Crippen LogP contribution in [0.1, 0.15) is 29.6 Å². The lowest BCUT2D eigenvalue weighted by atomic mass is 10.2. The lowest BCUT2D eigenvalue weighted by Gasteiger charge is -2.03. The van der Waals surface area contributed by atoms with Crippen LogP contribution in [-0.2, 0) is 4.74 Å². The van der Waals surface area contributed by atoms with Gasteiger partial charge in [0.25, 0.3) is 0 Å². The van der Waals surface area contributed by atoms with E-state index in [9.17, 15) is 4.79 Å². The van der Waals surface area contributed by atoms with E-state index < -0.39 is 0 Å². The molecule has 0 aliphatic rings. The number of ether oxygens (including phenoxy) is 1. The number of benzene rings is 1. The average Bonchev–Trinajstić information content (AvgIpc) is 2.30. The zero-order valence-corrected chi connectivity index (χ0v) is 10.8. The number of unbranched alkanes of at least 4 members (excludes halogenated alkanes) is 2. The first-order chi connectivity index (χ1) is 7.34. The summed E-state index contributed by atoms with van der Waals surface area (Å²) in [5.41, 5.74) is 0.631. The molecular weight excluding hydrogens is 303 g/mol. The van der Waals surface area contributed by atoms with E-state index in [1.54, 1.807) is 12.1 Å². The van der Waals surface area contributed by atoms with Gasteiger partial charge in [-0.3, -0.25) is 0 Å². The number of hydrogen-bond donors (Lipinski definition) is 0. The number of esters is 1. The van der Waals surface area contributed by atoms with E-state index >= 15 is 0 Å². The molecule has 1 rings (SSSR count). The second-order valence-electron chi connectivity index (χ2n) is 3.25. The van der Waals surface area contributed by atoms with Gasteiger partial charge in [-0.2, -0.15) is 0 Å². The van der Waals surface area contributed by atoms with Gasteiger partial charge in [-0.25, -0.2) is 4.79 Å². The first-order valence-corrected chi connectivity index (χ1v) is 6.65. The molecule has 0 N–H and O–H groups in total. The van der Waals surface area contributed by atoms with Gasteiger partial charge in [0.15, 0.2) is 0 Å². The van der Waals surface area contributed by atoms with E-state index in [4.69, 9.17) is 4.74 Å². The summed E-state index contributed by atoms with van der Waals surface area (Å²) < 4.78 is 6.30. The van der Waals surface area contributed by atoms with Crippen LogP contribution < -0.4 is 0 Å². The zero-order valence-electron chi connectivity index (χ0n) is 8.62. The molecule has 0 unspecified atom stereocenters. The van der Waals surface area contributed by atoms with Crippen LogP contribution in [0.2, 0.25) is 0 Å². The fourth-order valence-electron chi connectivity index (χ4n) is 1.20. The van der Waals surface area contributed by atoms with Gasteiger partial charge >= 0.3 is 5.97 Å². The minimum absolute atomic E-state index is 0.218. The lowest BCUT2D eigenvalue weighted by molar-refractivity contribution is 0.0498. The molecule has 0 radical (unpaired) electrons. The Balaban J connectivity index is 2.20. The lowest BCUT2D eigenvalue weighted by Crippen LogP contribution is -2.06. The Morgan fingerprint density at radius 2 is 1.87 bits per heavy atom. The van der Waals surface area contributed by atoms with Gasteiger partial charge < -0.3 is 4.74 Å². The molecule has 1 aromatic carbocycles. The molecule has 2 nitrogen and oxygen atoms in total. The van der Waals surface area contributed by atoms with Crippen LogP contribution in [-0.4, -0.2) is 17.0 Å². The van der Waals surface area contributed by atoms with Crippen LogP contribution in [0.4, 0.5) is 0 Å². The first-order valence-electron chi connectivity index (χ1n) is 5.12. The van der Waals surface area contributed by atoms with Gasteiger partial charge in [0.1, 0.15) is 0 Å². The highest BCUT2D eigenvalue weighted by molar-refractivity contribution is 14.1. The van der Waals surface area contributed by atoms with Crippen molar-refractivity contribution in [3.8, 4) is 0 Å². The molecular formula is C12H15IO2. The van der Waals surface area contributed by atoms with Crippen molar-refractivity contribution in [3.05, 3.63) is 35.9 Å². The maximum Gasteiger partial charge on any atom is 0.338 e. The number of carbonyl (C=O) groups is 1. The summed E-state index contributed by atoms with van der Waals surface area (Å²) in [6, 6.07) is 9.11. The predicted octanol–water partition coefficient (Wildman–Crippen LogP) is 3.45. The van der Waals surface area contributed by atoms with E-state index in [0.29, 0.717) is 12.2 Å². The molecule has 1 aromatic rings. The highest BCUT2D eigenvalue weighted by Crippen LogP contribution is 2.03. The Morgan fingerprint density at radius 1 is 1.13 bits per heavy atom. The first kappa shape index (κ1) is 12.5. The standard InChI is InChI=1S/C12H15IO2/c13-9-5-2-6-10-15-12(14)11-7-3-1-4-8-11/h1,3-4,7-8H,2,5-6,9-10H2. The quantitative estimate of drug-likeness (QED) is 0.348. The van der Waals surface area contributed by atoms with E-state index in [1.807, 2.05) is 18.2 Å². The smallest absolute Gasteiger partial charge is 0.338 e. The number of alkyl halides is 1. The molecule has 0 atom stereocenters. The van der Waals surface area contributed by atoms with Crippen molar-refractivity contribution in [1.29, 1.82) is 0 Å². The number of carbonyl (C=O) groups excluding carboxylic acids is 1. The fourth-order valence-corrected chi connectivity index (χ4v) is 1.74. The maximum absolute atomic E-state index is 11.5. The summed E-state index contributed by atoms with van der Waals surface area (Å²) >= 11 is 2.35. The van der Waals surface area contributed by atoms with Gasteiger partial charge in [0.05, 0.1) is 12.2 Å². The summed E-state index contributed by atoms with van der Waals surface area (Å²) in [4.78, 5) is 11.5. The van der Waals surface area contributed by atoms with Gasteiger partial charge in [-0.1, -0.05) is 40.8 Å². The molecule has 0 aromatic heterocycles. The highest BCUT2D eigenvalue weighted by Gasteiger charge is 2.04. The summed E-state index contributed by atoms with van der Waals surface area (Å²) in [5.74, 6) is -0.218. The normalized spacial score (nSPS) is 9.93. The van der Waals surface area contributed by atoms with Gasteiger partial charge in [-0.05, 0) is 35.8 Å². The number of rotatable bonds is 6. The van der Waals surface area contributed by atoms with Crippen molar-refractivity contribution in [2.24, 2.45) is 0 Å². The van der Waals surface area contributed by atoms with Crippen molar-refractivity contribution in [2.45, 2.75) is 19.3 Å². The van der Waals surface area contributed by atoms with E-state index in [1.165, 1.54) is 10.8 Å². The van der Waals surface area contributed by atoms with Crippen LogP contribution in [0.3, 0.4) is 0 Å². The van der Waals surface area contributed by atoms with Crippen LogP contribution >= 0.6 is 22.6 Å². The summed E-state index contributed by atoms with van der Waals surface area (Å²) in [6.07, 6.45) is 3.29. The Kier molecular flexibility index (Phi) is 6.39. The van der Waals surface area contributed by atoms with Crippen LogP contribution in [0, 0.1) is 0 Å². The van der Waals surface area contributed by atoms with Crippen molar-refractivity contribution in [2.75, 3.05) is 11.0 Å². The van der Waals surface area contributed by atoms with Crippen molar-refractivity contribution < 1.29 is 9.53 Å². The van der Waals surface area contributed by atoms with Gasteiger partial charge in [-0.15, -0.1) is 0 Å². The molecule has 15 heavy (non-hydrogen) atoms. The van der Waals surface area contributed by atoms with Crippen LogP contribution in [0.5, 0.6) is 0 Å². The average molecular weight is 318 g/mol. The van der Waals surface area contributed by atoms with Gasteiger partial charge in [0, 0.05) is 0 Å². The minimum Gasteiger partial charge on any atom is -0.462 e. The second-order valence-corrected chi connectivity index (χ2v) is 4.33. The molecule has 3 heteroatoms. The van der Waals surface area contributed by atoms with E-state index in [2.05, 4.69) is 22.6 Å². The third-order valence-electron chi connectivity index (χ3n) is 2.02. The molecule has 0 heterocycles. The number of halogens is 1. The maximum atomic E-state index is 11.5. The Bertz CT molecular complexity index is 285. The Morgan fingerprint density at radius 3 is 2.53 bits per heavy atom. The SMILES string of the molecule is O=C(OCCCCCI)c1ccccc1. The monoisotopic (exact) mass is 318 g/mol. The summed E-state index contributed by atoms with van der Waals surface area (Å²) in [7, 11) is 0. The molecule has 0 aliphatic carbocycles. The zero-order chi connectivity index (χ0) is 10.9. The minimum atomic E-state index is -0.218. The predicted molar refractivity (Wildman–Crippen MR) is 69.5 cm³/mol. The molecule has 82 valence electrons. The second kappa shape index (κ2) is 7.68. The van der Waals surface area contributed by atoms with Crippen molar-refractivity contribution in [1.82, 2.24) is 0 Å². The van der Waals surface area contributed by atoms with E-state index in [-0.39, 0.29) is 5.97 Å². The fraction of sp³-hybridized carbons (Fsp3) is 0.417. The molecule has 0 spiro atoms. The number of hydrogen-bond acceptors (Lipinski definition) is 2. The van der Waals surface area contributed by atoms with E-state index in [0.717, 1.165) is 12.8 Å². The molecule has 0 bridgehead atoms. The van der Waals surface area contributed by atoms with Gasteiger partial charge in [0.2, 0.25) is 0 Å². The molecule has 0 saturated carbocycles. The third kappa shape index (κ3) is 5.16. The van der Waals surface area contributed by atoms with Crippen molar-refractivity contribution >= 4 is 28.6 Å². The van der Waals surface area contributed by atoms with Crippen LogP contribution in [0.15, 0.2) is 30.3 Å². The molecule has 0 fully saturated rings. The van der Waals surface area contributed by atoms with Crippen LogP contribution in [0.25, 0.3) is 0 Å². The largest absolute Gasteiger partial charge is 0.462 e. The highest BCUT2D eigenvalue weighted by atomic mass is 127. The Labute approximate surface area is 104 Å². The molecule has 0 amide bonds. The topological polar surface area (TPSA) is 26.3 Å². The molecule has 0 aliphatic heterocycles. The summed E-state index contributed by atoms with van der Waals surface area (Å²) in [5, 5.41) is 0.